The van der Waals surface area contributed by atoms with Crippen LogP contribution in [0, 0.1) is 0 Å². The number of nitrogens with zero attached hydrogens (tertiary/aromatic N) is 1. The van der Waals surface area contributed by atoms with Gasteiger partial charge in [0, 0.05) is 17.8 Å². The summed E-state index contributed by atoms with van der Waals surface area (Å²) in [5, 5.41) is 0.754. The molecule has 0 aromatic heterocycles. The third kappa shape index (κ3) is 2.87. The van der Waals surface area contributed by atoms with E-state index in [1.54, 1.807) is 16.1 Å². The quantitative estimate of drug-likeness (QED) is 0.747. The summed E-state index contributed by atoms with van der Waals surface area (Å²) in [6.45, 7) is 8.76. The maximum atomic E-state index is 11.7. The van der Waals surface area contributed by atoms with E-state index in [1.807, 2.05) is 13.8 Å². The molecule has 14 heavy (non-hydrogen) atoms. The molecular weight excluding hydrogens is 218 g/mol. The molecule has 0 amide bonds. The van der Waals surface area contributed by atoms with Crippen LogP contribution in [0.2, 0.25) is 0 Å². The van der Waals surface area contributed by atoms with Crippen molar-refractivity contribution in [1.29, 1.82) is 0 Å². The molecule has 3 nitrogen and oxygen atoms in total. The Morgan fingerprint density at radius 1 is 1.29 bits per heavy atom. The number of sulfonamides is 1. The molecule has 5 heteroatoms. The minimum atomic E-state index is -2.97. The van der Waals surface area contributed by atoms with Gasteiger partial charge in [0.15, 0.2) is 0 Å². The molecule has 84 valence electrons. The molecule has 1 aliphatic rings. The van der Waals surface area contributed by atoms with Gasteiger partial charge < -0.3 is 0 Å². The molecule has 1 fully saturated rings. The van der Waals surface area contributed by atoms with Gasteiger partial charge in [-0.05, 0) is 19.1 Å². The predicted octanol–water partition coefficient (Wildman–Crippen LogP) is 1.55. The zero-order valence-electron chi connectivity index (χ0n) is 9.23. The molecule has 0 aromatic carbocycles. The summed E-state index contributed by atoms with van der Waals surface area (Å²) in [5.74, 6) is 0.314. The van der Waals surface area contributed by atoms with E-state index in [-0.39, 0.29) is 11.3 Å². The Bertz CT molecular complexity index is 285. The lowest BCUT2D eigenvalue weighted by Gasteiger charge is -2.18. The van der Waals surface area contributed by atoms with Crippen LogP contribution in [0.5, 0.6) is 0 Å². The average molecular weight is 237 g/mol. The molecule has 0 bridgehead atoms. The maximum Gasteiger partial charge on any atom is 0.215 e. The molecule has 1 unspecified atom stereocenters. The summed E-state index contributed by atoms with van der Waals surface area (Å²) in [5.41, 5.74) is 0. The first-order chi connectivity index (χ1) is 6.33. The van der Waals surface area contributed by atoms with E-state index in [9.17, 15) is 8.42 Å². The molecule has 1 atom stereocenters. The van der Waals surface area contributed by atoms with Crippen molar-refractivity contribution in [3.8, 4) is 0 Å². The summed E-state index contributed by atoms with van der Waals surface area (Å²) in [6, 6.07) is 0.0952. The van der Waals surface area contributed by atoms with Crippen molar-refractivity contribution in [3.05, 3.63) is 0 Å². The standard InChI is InChI=1S/C9H19NO2S2/c1-7(2)10-5-9(13-8(3)4)6-14(10,11)12/h7-9H,5-6H2,1-4H3. The number of hydrogen-bond acceptors (Lipinski definition) is 3. The minimum Gasteiger partial charge on any atom is -0.212 e. The minimum absolute atomic E-state index is 0.0952. The van der Waals surface area contributed by atoms with Gasteiger partial charge in [-0.2, -0.15) is 16.1 Å². The molecule has 0 radical (unpaired) electrons. The van der Waals surface area contributed by atoms with Gasteiger partial charge in [-0.15, -0.1) is 0 Å². The highest BCUT2D eigenvalue weighted by Crippen LogP contribution is 2.28. The Morgan fingerprint density at radius 3 is 2.21 bits per heavy atom. The average Bonchev–Trinajstić information content (AvgIpc) is 2.23. The van der Waals surface area contributed by atoms with Crippen LogP contribution in [0.1, 0.15) is 27.7 Å². The fourth-order valence-electron chi connectivity index (χ4n) is 1.70. The van der Waals surface area contributed by atoms with Crippen molar-refractivity contribution in [2.24, 2.45) is 0 Å². The Kier molecular flexibility index (Phi) is 3.88. The molecule has 1 heterocycles. The van der Waals surface area contributed by atoms with Gasteiger partial charge >= 0.3 is 0 Å². The van der Waals surface area contributed by atoms with Gasteiger partial charge in [-0.3, -0.25) is 0 Å². The first-order valence-corrected chi connectivity index (χ1v) is 7.53. The van der Waals surface area contributed by atoms with Crippen LogP contribution in [0.4, 0.5) is 0 Å². The van der Waals surface area contributed by atoms with Crippen molar-refractivity contribution in [2.45, 2.75) is 44.2 Å². The van der Waals surface area contributed by atoms with Crippen LogP contribution in [0.3, 0.4) is 0 Å². The fraction of sp³-hybridized carbons (Fsp3) is 1.00. The molecule has 0 N–H and O–H groups in total. The second-order valence-electron chi connectivity index (χ2n) is 4.25. The Labute approximate surface area is 91.3 Å². The molecule has 1 saturated heterocycles. The third-order valence-electron chi connectivity index (χ3n) is 2.18. The summed E-state index contributed by atoms with van der Waals surface area (Å²) >= 11 is 1.76. The van der Waals surface area contributed by atoms with E-state index in [2.05, 4.69) is 13.8 Å². The van der Waals surface area contributed by atoms with Gasteiger partial charge in [0.1, 0.15) is 0 Å². The van der Waals surface area contributed by atoms with Crippen molar-refractivity contribution >= 4 is 21.8 Å². The SMILES string of the molecule is CC(C)SC1CN(C(C)C)S(=O)(=O)C1. The van der Waals surface area contributed by atoms with Crippen LogP contribution >= 0.6 is 11.8 Å². The normalized spacial score (nSPS) is 27.7. The summed E-state index contributed by atoms with van der Waals surface area (Å²) in [4.78, 5) is 0. The molecule has 0 saturated carbocycles. The first kappa shape index (κ1) is 12.3. The first-order valence-electron chi connectivity index (χ1n) is 4.98. The van der Waals surface area contributed by atoms with Crippen molar-refractivity contribution in [1.82, 2.24) is 4.31 Å². The highest BCUT2D eigenvalue weighted by atomic mass is 32.2. The molecule has 0 spiro atoms. The predicted molar refractivity (Wildman–Crippen MR) is 62.1 cm³/mol. The van der Waals surface area contributed by atoms with Crippen LogP contribution in [0.15, 0.2) is 0 Å². The Hall–Kier alpha value is 0.260. The molecule has 0 aromatic rings. The van der Waals surface area contributed by atoms with Crippen molar-refractivity contribution < 1.29 is 8.42 Å². The smallest absolute Gasteiger partial charge is 0.212 e. The largest absolute Gasteiger partial charge is 0.215 e. The number of rotatable bonds is 3. The van der Waals surface area contributed by atoms with Crippen LogP contribution in [-0.2, 0) is 10.0 Å². The van der Waals surface area contributed by atoms with Crippen LogP contribution in [0.25, 0.3) is 0 Å². The van der Waals surface area contributed by atoms with E-state index >= 15 is 0 Å². The second kappa shape index (κ2) is 4.41. The Morgan fingerprint density at radius 2 is 1.86 bits per heavy atom. The lowest BCUT2D eigenvalue weighted by atomic mass is 10.3. The molecule has 0 aliphatic carbocycles. The zero-order chi connectivity index (χ0) is 10.9. The number of hydrogen-bond donors (Lipinski definition) is 0. The zero-order valence-corrected chi connectivity index (χ0v) is 10.9. The van der Waals surface area contributed by atoms with Crippen molar-refractivity contribution in [3.63, 3.8) is 0 Å². The van der Waals surface area contributed by atoms with Gasteiger partial charge in [-0.25, -0.2) is 8.42 Å². The van der Waals surface area contributed by atoms with E-state index < -0.39 is 10.0 Å². The topological polar surface area (TPSA) is 37.4 Å². The van der Waals surface area contributed by atoms with Gasteiger partial charge in [-0.1, -0.05) is 13.8 Å². The lowest BCUT2D eigenvalue weighted by Crippen LogP contribution is -2.32. The third-order valence-corrected chi connectivity index (χ3v) is 5.74. The lowest BCUT2D eigenvalue weighted by molar-refractivity contribution is 0.383. The van der Waals surface area contributed by atoms with Crippen LogP contribution in [-0.4, -0.2) is 41.6 Å². The molecule has 1 rings (SSSR count). The number of thioether (sulfide) groups is 1. The maximum absolute atomic E-state index is 11.7. The van der Waals surface area contributed by atoms with Crippen molar-refractivity contribution in [2.75, 3.05) is 12.3 Å². The van der Waals surface area contributed by atoms with E-state index in [0.717, 1.165) is 0 Å². The highest BCUT2D eigenvalue weighted by molar-refractivity contribution is 8.02. The summed E-state index contributed by atoms with van der Waals surface area (Å²) in [6.07, 6.45) is 0. The summed E-state index contributed by atoms with van der Waals surface area (Å²) < 4.78 is 25.0. The van der Waals surface area contributed by atoms with E-state index in [1.165, 1.54) is 0 Å². The second-order valence-corrected chi connectivity index (χ2v) is 8.10. The van der Waals surface area contributed by atoms with Crippen LogP contribution < -0.4 is 0 Å². The van der Waals surface area contributed by atoms with Gasteiger partial charge in [0.2, 0.25) is 10.0 Å². The summed E-state index contributed by atoms with van der Waals surface area (Å²) in [7, 11) is -2.97. The van der Waals surface area contributed by atoms with Gasteiger partial charge in [0.05, 0.1) is 5.75 Å². The Balaban J connectivity index is 2.67. The fourth-order valence-corrected chi connectivity index (χ4v) is 5.45. The van der Waals surface area contributed by atoms with E-state index in [4.69, 9.17) is 0 Å². The monoisotopic (exact) mass is 237 g/mol. The van der Waals surface area contributed by atoms with E-state index in [0.29, 0.717) is 17.5 Å². The van der Waals surface area contributed by atoms with Gasteiger partial charge in [0.25, 0.3) is 0 Å². The molecule has 1 aliphatic heterocycles. The molecular formula is C9H19NO2S2. The highest BCUT2D eigenvalue weighted by Gasteiger charge is 2.37.